The van der Waals surface area contributed by atoms with Gasteiger partial charge in [0.25, 0.3) is 5.91 Å². The van der Waals surface area contributed by atoms with Gasteiger partial charge < -0.3 is 19.5 Å². The summed E-state index contributed by atoms with van der Waals surface area (Å²) in [6.45, 7) is 2.24. The van der Waals surface area contributed by atoms with Crippen LogP contribution in [-0.2, 0) is 6.54 Å². The Labute approximate surface area is 145 Å². The Hall–Kier alpha value is -3.16. The van der Waals surface area contributed by atoms with Crippen molar-refractivity contribution in [2.45, 2.75) is 13.5 Å². The summed E-state index contributed by atoms with van der Waals surface area (Å²) in [5, 5.41) is 8.82. The molecule has 1 amide bonds. The molecule has 25 heavy (non-hydrogen) atoms. The van der Waals surface area contributed by atoms with Gasteiger partial charge in [-0.25, -0.2) is 14.8 Å². The lowest BCUT2D eigenvalue weighted by Crippen LogP contribution is -2.27. The van der Waals surface area contributed by atoms with E-state index in [1.807, 2.05) is 19.1 Å². The minimum absolute atomic E-state index is 0.0747. The molecule has 0 spiro atoms. The molecule has 0 saturated carbocycles. The highest BCUT2D eigenvalue weighted by Crippen LogP contribution is 2.30. The molecule has 1 heterocycles. The number of benzene rings is 1. The molecule has 2 rings (SSSR count). The molecule has 0 atom stereocenters. The van der Waals surface area contributed by atoms with E-state index in [1.54, 1.807) is 21.3 Å². The van der Waals surface area contributed by atoms with E-state index >= 15 is 0 Å². The fourth-order valence-corrected chi connectivity index (χ4v) is 2.26. The topological polar surface area (TPSA) is 102 Å². The standard InChI is InChI=1S/C17H19N3O5/c1-10-5-14(24-3)15(25-4)6-11(10)9-20(2)16(21)12-7-19-13(8-18-12)17(22)23/h5-8H,9H2,1-4H3,(H,22,23). The Morgan fingerprint density at radius 2 is 1.64 bits per heavy atom. The molecular weight excluding hydrogens is 326 g/mol. The summed E-state index contributed by atoms with van der Waals surface area (Å²) < 4.78 is 10.5. The van der Waals surface area contributed by atoms with Crippen molar-refractivity contribution < 1.29 is 24.2 Å². The molecule has 1 aromatic heterocycles. The van der Waals surface area contributed by atoms with Gasteiger partial charge in [0.2, 0.25) is 0 Å². The van der Waals surface area contributed by atoms with E-state index in [0.717, 1.165) is 23.5 Å². The molecule has 0 fully saturated rings. The maximum absolute atomic E-state index is 12.4. The molecule has 0 aliphatic heterocycles. The third-order valence-corrected chi connectivity index (χ3v) is 3.69. The van der Waals surface area contributed by atoms with Crippen molar-refractivity contribution in [1.29, 1.82) is 0 Å². The number of hydrogen-bond donors (Lipinski definition) is 1. The van der Waals surface area contributed by atoms with Gasteiger partial charge in [-0.1, -0.05) is 0 Å². The maximum Gasteiger partial charge on any atom is 0.356 e. The molecule has 0 bridgehead atoms. The van der Waals surface area contributed by atoms with Crippen LogP contribution >= 0.6 is 0 Å². The first-order valence-corrected chi connectivity index (χ1v) is 7.39. The zero-order valence-corrected chi connectivity index (χ0v) is 14.4. The van der Waals surface area contributed by atoms with Crippen LogP contribution < -0.4 is 9.47 Å². The highest BCUT2D eigenvalue weighted by molar-refractivity contribution is 5.92. The minimum Gasteiger partial charge on any atom is -0.493 e. The largest absolute Gasteiger partial charge is 0.493 e. The van der Waals surface area contributed by atoms with Crippen LogP contribution in [0.3, 0.4) is 0 Å². The van der Waals surface area contributed by atoms with Gasteiger partial charge >= 0.3 is 5.97 Å². The number of carboxylic acid groups (broad SMARTS) is 1. The second kappa shape index (κ2) is 7.61. The predicted octanol–water partition coefficient (Wildman–Crippen LogP) is 1.77. The van der Waals surface area contributed by atoms with E-state index in [4.69, 9.17) is 14.6 Å². The fourth-order valence-electron chi connectivity index (χ4n) is 2.26. The lowest BCUT2D eigenvalue weighted by atomic mass is 10.1. The summed E-state index contributed by atoms with van der Waals surface area (Å²) in [6, 6.07) is 3.66. The third kappa shape index (κ3) is 4.03. The summed E-state index contributed by atoms with van der Waals surface area (Å²) in [7, 11) is 4.74. The number of aromatic nitrogens is 2. The van der Waals surface area contributed by atoms with E-state index < -0.39 is 5.97 Å². The van der Waals surface area contributed by atoms with Crippen LogP contribution in [-0.4, -0.2) is 53.1 Å². The molecule has 0 saturated heterocycles. The molecule has 2 aromatic rings. The number of hydrogen-bond acceptors (Lipinski definition) is 6. The van der Waals surface area contributed by atoms with Crippen molar-refractivity contribution in [2.75, 3.05) is 21.3 Å². The average molecular weight is 345 g/mol. The molecule has 1 aromatic carbocycles. The van der Waals surface area contributed by atoms with Crippen LogP contribution in [0.1, 0.15) is 32.1 Å². The van der Waals surface area contributed by atoms with Crippen LogP contribution in [0.4, 0.5) is 0 Å². The highest BCUT2D eigenvalue weighted by Gasteiger charge is 2.17. The summed E-state index contributed by atoms with van der Waals surface area (Å²) in [5.41, 5.74) is 1.70. The van der Waals surface area contributed by atoms with Gasteiger partial charge in [0.15, 0.2) is 17.2 Å². The van der Waals surface area contributed by atoms with Gasteiger partial charge in [-0.3, -0.25) is 4.79 Å². The van der Waals surface area contributed by atoms with Crippen molar-refractivity contribution in [3.63, 3.8) is 0 Å². The van der Waals surface area contributed by atoms with E-state index in [-0.39, 0.29) is 17.3 Å². The van der Waals surface area contributed by atoms with Crippen LogP contribution in [0.25, 0.3) is 0 Å². The number of amides is 1. The van der Waals surface area contributed by atoms with E-state index in [9.17, 15) is 9.59 Å². The van der Waals surface area contributed by atoms with Crippen molar-refractivity contribution >= 4 is 11.9 Å². The molecule has 132 valence electrons. The number of ether oxygens (including phenoxy) is 2. The number of nitrogens with zero attached hydrogens (tertiary/aromatic N) is 3. The van der Waals surface area contributed by atoms with Crippen LogP contribution in [0.2, 0.25) is 0 Å². The summed E-state index contributed by atoms with van der Waals surface area (Å²) in [5.74, 6) is -0.359. The smallest absolute Gasteiger partial charge is 0.356 e. The number of aromatic carboxylic acids is 1. The monoisotopic (exact) mass is 345 g/mol. The number of rotatable bonds is 6. The van der Waals surface area contributed by atoms with E-state index in [2.05, 4.69) is 9.97 Å². The van der Waals surface area contributed by atoms with Gasteiger partial charge in [0.1, 0.15) is 5.69 Å². The van der Waals surface area contributed by atoms with Gasteiger partial charge in [0.05, 0.1) is 26.6 Å². The quantitative estimate of drug-likeness (QED) is 0.851. The Bertz CT molecular complexity index is 790. The number of aryl methyl sites for hydroxylation is 1. The summed E-state index contributed by atoms with van der Waals surface area (Å²) >= 11 is 0. The van der Waals surface area contributed by atoms with E-state index in [0.29, 0.717) is 18.0 Å². The second-order valence-corrected chi connectivity index (χ2v) is 5.39. The summed E-state index contributed by atoms with van der Waals surface area (Å²) in [4.78, 5) is 32.3. The first kappa shape index (κ1) is 18.2. The Morgan fingerprint density at radius 1 is 1.08 bits per heavy atom. The molecule has 0 radical (unpaired) electrons. The van der Waals surface area contributed by atoms with Crippen molar-refractivity contribution in [3.05, 3.63) is 47.0 Å². The van der Waals surface area contributed by atoms with Crippen molar-refractivity contribution in [2.24, 2.45) is 0 Å². The van der Waals surface area contributed by atoms with Gasteiger partial charge in [-0.05, 0) is 30.2 Å². The minimum atomic E-state index is -1.19. The van der Waals surface area contributed by atoms with Gasteiger partial charge in [-0.15, -0.1) is 0 Å². The van der Waals surface area contributed by atoms with Crippen LogP contribution in [0.5, 0.6) is 11.5 Å². The molecular formula is C17H19N3O5. The predicted molar refractivity (Wildman–Crippen MR) is 89.1 cm³/mol. The average Bonchev–Trinajstić information content (AvgIpc) is 2.62. The Kier molecular flexibility index (Phi) is 5.53. The number of methoxy groups -OCH3 is 2. The van der Waals surface area contributed by atoms with E-state index in [1.165, 1.54) is 4.90 Å². The highest BCUT2D eigenvalue weighted by atomic mass is 16.5. The van der Waals surface area contributed by atoms with Gasteiger partial charge in [-0.2, -0.15) is 0 Å². The van der Waals surface area contributed by atoms with Crippen LogP contribution in [0, 0.1) is 6.92 Å². The Morgan fingerprint density at radius 3 is 2.16 bits per heavy atom. The number of carbonyl (C=O) groups excluding carboxylic acids is 1. The zero-order chi connectivity index (χ0) is 18.6. The maximum atomic E-state index is 12.4. The Balaban J connectivity index is 2.19. The van der Waals surface area contributed by atoms with Crippen molar-refractivity contribution in [3.8, 4) is 11.5 Å². The third-order valence-electron chi connectivity index (χ3n) is 3.69. The molecule has 0 unspecified atom stereocenters. The summed E-state index contributed by atoms with van der Waals surface area (Å²) in [6.07, 6.45) is 2.22. The first-order chi connectivity index (χ1) is 11.9. The zero-order valence-electron chi connectivity index (χ0n) is 14.4. The SMILES string of the molecule is COc1cc(C)c(CN(C)C(=O)c2cnc(C(=O)O)cn2)cc1OC. The fraction of sp³-hybridized carbons (Fsp3) is 0.294. The normalized spacial score (nSPS) is 10.2. The molecule has 8 heteroatoms. The first-order valence-electron chi connectivity index (χ1n) is 7.39. The lowest BCUT2D eigenvalue weighted by Gasteiger charge is -2.19. The molecule has 8 nitrogen and oxygen atoms in total. The lowest BCUT2D eigenvalue weighted by molar-refractivity contribution is 0.0687. The van der Waals surface area contributed by atoms with Gasteiger partial charge in [0, 0.05) is 13.6 Å². The number of carbonyl (C=O) groups is 2. The van der Waals surface area contributed by atoms with Crippen molar-refractivity contribution in [1.82, 2.24) is 14.9 Å². The molecule has 0 aliphatic carbocycles. The molecule has 0 aliphatic rings. The number of carboxylic acids is 1. The second-order valence-electron chi connectivity index (χ2n) is 5.39. The van der Waals surface area contributed by atoms with Crippen LogP contribution in [0.15, 0.2) is 24.5 Å². The molecule has 1 N–H and O–H groups in total.